The Morgan fingerprint density at radius 3 is 2.52 bits per heavy atom. The molecule has 0 aliphatic rings. The van der Waals surface area contributed by atoms with Crippen LogP contribution < -0.4 is 10.1 Å². The molecule has 0 bridgehead atoms. The van der Waals surface area contributed by atoms with Crippen molar-refractivity contribution in [3.05, 3.63) is 59.2 Å². The van der Waals surface area contributed by atoms with Crippen LogP contribution in [-0.2, 0) is 11.3 Å². The third kappa shape index (κ3) is 4.88. The van der Waals surface area contributed by atoms with Crippen LogP contribution in [0.1, 0.15) is 16.7 Å². The van der Waals surface area contributed by atoms with Crippen molar-refractivity contribution in [2.75, 3.05) is 20.3 Å². The zero-order chi connectivity index (χ0) is 15.1. The zero-order valence-electron chi connectivity index (χ0n) is 13.0. The quantitative estimate of drug-likeness (QED) is 0.784. The predicted octanol–water partition coefficient (Wildman–Crippen LogP) is 3.83. The third-order valence-electron chi connectivity index (χ3n) is 3.34. The summed E-state index contributed by atoms with van der Waals surface area (Å²) in [5.41, 5.74) is 3.70. The van der Waals surface area contributed by atoms with Gasteiger partial charge in [-0.25, -0.2) is 0 Å². The zero-order valence-corrected chi connectivity index (χ0v) is 13.0. The minimum atomic E-state index is 0.730. The number of methoxy groups -OCH3 is 1. The van der Waals surface area contributed by atoms with E-state index in [1.54, 1.807) is 7.11 Å². The molecule has 0 unspecified atom stereocenters. The van der Waals surface area contributed by atoms with Crippen LogP contribution in [0.2, 0.25) is 0 Å². The number of hydrogen-bond donors (Lipinski definition) is 1. The summed E-state index contributed by atoms with van der Waals surface area (Å²) < 4.78 is 10.9. The van der Waals surface area contributed by atoms with Gasteiger partial charge in [0.05, 0.1) is 6.61 Å². The molecule has 0 fully saturated rings. The van der Waals surface area contributed by atoms with E-state index in [4.69, 9.17) is 9.47 Å². The molecule has 0 saturated heterocycles. The van der Waals surface area contributed by atoms with Gasteiger partial charge in [0.2, 0.25) is 0 Å². The fourth-order valence-corrected chi connectivity index (χ4v) is 2.14. The van der Waals surface area contributed by atoms with E-state index >= 15 is 0 Å². The second kappa shape index (κ2) is 7.81. The van der Waals surface area contributed by atoms with Crippen molar-refractivity contribution in [2.24, 2.45) is 0 Å². The summed E-state index contributed by atoms with van der Waals surface area (Å²) in [6.07, 6.45) is 0. The van der Waals surface area contributed by atoms with Crippen molar-refractivity contribution in [3.8, 4) is 11.5 Å². The summed E-state index contributed by atoms with van der Waals surface area (Å²) in [7, 11) is 1.71. The Bertz CT molecular complexity index is 581. The monoisotopic (exact) mass is 285 g/mol. The van der Waals surface area contributed by atoms with Crippen LogP contribution in [0, 0.1) is 13.8 Å². The molecular weight excluding hydrogens is 262 g/mol. The summed E-state index contributed by atoms with van der Waals surface area (Å²) in [5, 5.41) is 3.35. The number of benzene rings is 2. The van der Waals surface area contributed by atoms with Crippen molar-refractivity contribution in [1.29, 1.82) is 0 Å². The average molecular weight is 285 g/mol. The van der Waals surface area contributed by atoms with Gasteiger partial charge in [-0.1, -0.05) is 18.2 Å². The molecule has 0 aromatic heterocycles. The van der Waals surface area contributed by atoms with Crippen LogP contribution in [0.4, 0.5) is 0 Å². The van der Waals surface area contributed by atoms with Gasteiger partial charge in [0.1, 0.15) is 11.5 Å². The summed E-state index contributed by atoms with van der Waals surface area (Å²) in [6, 6.07) is 14.3. The molecule has 0 heterocycles. The van der Waals surface area contributed by atoms with Crippen molar-refractivity contribution >= 4 is 0 Å². The van der Waals surface area contributed by atoms with E-state index in [2.05, 4.69) is 37.4 Å². The molecule has 3 nitrogen and oxygen atoms in total. The average Bonchev–Trinajstić information content (AvgIpc) is 2.45. The maximum absolute atomic E-state index is 5.90. The summed E-state index contributed by atoms with van der Waals surface area (Å²) in [6.45, 7) is 6.61. The van der Waals surface area contributed by atoms with Gasteiger partial charge < -0.3 is 14.8 Å². The fraction of sp³-hybridized carbons (Fsp3) is 0.333. The summed E-state index contributed by atoms with van der Waals surface area (Å²) in [4.78, 5) is 0. The van der Waals surface area contributed by atoms with Crippen molar-refractivity contribution in [2.45, 2.75) is 20.4 Å². The highest BCUT2D eigenvalue weighted by atomic mass is 16.5. The lowest BCUT2D eigenvalue weighted by atomic mass is 10.1. The van der Waals surface area contributed by atoms with E-state index in [1.807, 2.05) is 24.3 Å². The molecule has 2 aromatic rings. The van der Waals surface area contributed by atoms with Crippen LogP contribution in [0.3, 0.4) is 0 Å². The molecular formula is C18H23NO2. The number of ether oxygens (including phenoxy) is 2. The van der Waals surface area contributed by atoms with Gasteiger partial charge in [0.15, 0.2) is 0 Å². The van der Waals surface area contributed by atoms with Gasteiger partial charge in [-0.2, -0.15) is 0 Å². The number of nitrogens with one attached hydrogen (secondary N) is 1. The van der Waals surface area contributed by atoms with E-state index in [0.29, 0.717) is 0 Å². The van der Waals surface area contributed by atoms with E-state index in [9.17, 15) is 0 Å². The van der Waals surface area contributed by atoms with Crippen LogP contribution in [0.15, 0.2) is 42.5 Å². The van der Waals surface area contributed by atoms with Crippen LogP contribution in [0.5, 0.6) is 11.5 Å². The first-order chi connectivity index (χ1) is 10.2. The second-order valence-electron chi connectivity index (χ2n) is 5.18. The molecule has 0 atom stereocenters. The molecule has 0 spiro atoms. The smallest absolute Gasteiger partial charge is 0.127 e. The minimum Gasteiger partial charge on any atom is -0.457 e. The summed E-state index contributed by atoms with van der Waals surface area (Å²) in [5.74, 6) is 1.75. The first kappa shape index (κ1) is 15.5. The number of rotatable bonds is 7. The molecule has 21 heavy (non-hydrogen) atoms. The van der Waals surface area contributed by atoms with E-state index in [0.717, 1.165) is 31.2 Å². The highest BCUT2D eigenvalue weighted by Gasteiger charge is 2.02. The number of aryl methyl sites for hydroxylation is 2. The van der Waals surface area contributed by atoms with E-state index in [1.165, 1.54) is 16.7 Å². The highest BCUT2D eigenvalue weighted by Crippen LogP contribution is 2.24. The Labute approximate surface area is 126 Å². The molecule has 0 radical (unpaired) electrons. The molecule has 0 aliphatic heterocycles. The van der Waals surface area contributed by atoms with Crippen LogP contribution in [-0.4, -0.2) is 20.3 Å². The van der Waals surface area contributed by atoms with Gasteiger partial charge in [-0.15, -0.1) is 0 Å². The first-order valence-corrected chi connectivity index (χ1v) is 7.23. The molecule has 112 valence electrons. The molecule has 2 aromatic carbocycles. The highest BCUT2D eigenvalue weighted by molar-refractivity contribution is 5.38. The maximum atomic E-state index is 5.90. The Hall–Kier alpha value is -1.84. The maximum Gasteiger partial charge on any atom is 0.127 e. The lowest BCUT2D eigenvalue weighted by Crippen LogP contribution is -2.19. The molecule has 3 heteroatoms. The Kier molecular flexibility index (Phi) is 5.78. The Morgan fingerprint density at radius 1 is 1.00 bits per heavy atom. The summed E-state index contributed by atoms with van der Waals surface area (Å²) >= 11 is 0. The van der Waals surface area contributed by atoms with Gasteiger partial charge in [0, 0.05) is 20.2 Å². The van der Waals surface area contributed by atoms with Crippen LogP contribution in [0.25, 0.3) is 0 Å². The second-order valence-corrected chi connectivity index (χ2v) is 5.18. The van der Waals surface area contributed by atoms with Crippen molar-refractivity contribution < 1.29 is 9.47 Å². The first-order valence-electron chi connectivity index (χ1n) is 7.23. The molecule has 0 amide bonds. The molecule has 1 N–H and O–H groups in total. The van der Waals surface area contributed by atoms with Crippen molar-refractivity contribution in [3.63, 3.8) is 0 Å². The lowest BCUT2D eigenvalue weighted by Gasteiger charge is -2.11. The fourth-order valence-electron chi connectivity index (χ4n) is 2.14. The van der Waals surface area contributed by atoms with Crippen LogP contribution >= 0.6 is 0 Å². The lowest BCUT2D eigenvalue weighted by molar-refractivity contribution is 0.199. The van der Waals surface area contributed by atoms with Gasteiger partial charge in [0.25, 0.3) is 0 Å². The van der Waals surface area contributed by atoms with E-state index in [-0.39, 0.29) is 0 Å². The van der Waals surface area contributed by atoms with E-state index < -0.39 is 0 Å². The topological polar surface area (TPSA) is 30.5 Å². The standard InChI is InChI=1S/C18H23NO2/c1-14-5-4-6-17(11-14)21-18-8-7-16(15(2)12-18)13-19-9-10-20-3/h4-8,11-12,19H,9-10,13H2,1-3H3. The van der Waals surface area contributed by atoms with Gasteiger partial charge in [-0.05, 0) is 54.8 Å². The normalized spacial score (nSPS) is 10.6. The Balaban J connectivity index is 1.98. The SMILES string of the molecule is COCCNCc1ccc(Oc2cccc(C)c2)cc1C. The number of hydrogen-bond acceptors (Lipinski definition) is 3. The minimum absolute atomic E-state index is 0.730. The molecule has 2 rings (SSSR count). The largest absolute Gasteiger partial charge is 0.457 e. The molecule has 0 aliphatic carbocycles. The predicted molar refractivity (Wildman–Crippen MR) is 86.0 cm³/mol. The van der Waals surface area contributed by atoms with Gasteiger partial charge in [-0.3, -0.25) is 0 Å². The molecule has 0 saturated carbocycles. The Morgan fingerprint density at radius 2 is 1.81 bits per heavy atom. The van der Waals surface area contributed by atoms with Gasteiger partial charge >= 0.3 is 0 Å². The van der Waals surface area contributed by atoms with Crippen molar-refractivity contribution in [1.82, 2.24) is 5.32 Å². The third-order valence-corrected chi connectivity index (χ3v) is 3.34.